The van der Waals surface area contributed by atoms with E-state index in [1.54, 1.807) is 7.11 Å². The Kier molecular flexibility index (Phi) is 5.74. The Morgan fingerprint density at radius 3 is 2.45 bits per heavy atom. The molecule has 1 aliphatic heterocycles. The Morgan fingerprint density at radius 2 is 1.76 bits per heavy atom. The number of aromatic nitrogens is 2. The van der Waals surface area contributed by atoms with Gasteiger partial charge in [-0.15, -0.1) is 0 Å². The fourth-order valence-corrected chi connectivity index (χ4v) is 3.44. The fourth-order valence-electron chi connectivity index (χ4n) is 3.44. The number of methoxy groups -OCH3 is 1. The Hall–Kier alpha value is -3.35. The van der Waals surface area contributed by atoms with E-state index < -0.39 is 0 Å². The van der Waals surface area contributed by atoms with E-state index in [1.165, 1.54) is 0 Å². The molecule has 4 rings (SSSR count). The van der Waals surface area contributed by atoms with Gasteiger partial charge in [-0.3, -0.25) is 4.79 Å². The van der Waals surface area contributed by atoms with E-state index in [0.29, 0.717) is 37.6 Å². The fraction of sp³-hybridized carbons (Fsp3) is 0.318. The summed E-state index contributed by atoms with van der Waals surface area (Å²) in [5.74, 6) is 2.02. The van der Waals surface area contributed by atoms with Gasteiger partial charge in [-0.05, 0) is 24.3 Å². The number of nitrogens with zero attached hydrogens (tertiary/aromatic N) is 4. The first-order chi connectivity index (χ1) is 14.2. The van der Waals surface area contributed by atoms with Gasteiger partial charge < -0.3 is 19.1 Å². The zero-order valence-corrected chi connectivity index (χ0v) is 16.5. The second-order valence-electron chi connectivity index (χ2n) is 6.94. The number of hydrogen-bond donors (Lipinski definition) is 0. The van der Waals surface area contributed by atoms with E-state index in [0.717, 1.165) is 30.1 Å². The summed E-state index contributed by atoms with van der Waals surface area (Å²) in [6, 6.07) is 17.7. The molecule has 0 bridgehead atoms. The number of anilines is 1. The van der Waals surface area contributed by atoms with Crippen molar-refractivity contribution in [3.8, 4) is 17.1 Å². The molecule has 0 spiro atoms. The SMILES string of the molecule is COc1ccc(N2CCN(C(=O)CCc3nc(-c4ccccc4)no3)CC2)cc1. The van der Waals surface area contributed by atoms with Gasteiger partial charge in [0.15, 0.2) is 0 Å². The minimum absolute atomic E-state index is 0.124. The highest BCUT2D eigenvalue weighted by Crippen LogP contribution is 2.21. The average Bonchev–Trinajstić information content (AvgIpc) is 3.27. The van der Waals surface area contributed by atoms with Gasteiger partial charge in [0.2, 0.25) is 17.6 Å². The maximum Gasteiger partial charge on any atom is 0.227 e. The van der Waals surface area contributed by atoms with E-state index in [9.17, 15) is 4.79 Å². The van der Waals surface area contributed by atoms with Crippen molar-refractivity contribution in [3.63, 3.8) is 0 Å². The predicted molar refractivity (Wildman–Crippen MR) is 110 cm³/mol. The highest BCUT2D eigenvalue weighted by atomic mass is 16.5. The molecule has 150 valence electrons. The van der Waals surface area contributed by atoms with Gasteiger partial charge in [0.1, 0.15) is 5.75 Å². The largest absolute Gasteiger partial charge is 0.497 e. The molecule has 7 heteroatoms. The Morgan fingerprint density at radius 1 is 1.03 bits per heavy atom. The first-order valence-corrected chi connectivity index (χ1v) is 9.78. The first-order valence-electron chi connectivity index (χ1n) is 9.78. The molecule has 7 nitrogen and oxygen atoms in total. The summed E-state index contributed by atoms with van der Waals surface area (Å²) in [7, 11) is 1.66. The van der Waals surface area contributed by atoms with Crippen LogP contribution in [0.2, 0.25) is 0 Å². The summed E-state index contributed by atoms with van der Waals surface area (Å²) >= 11 is 0. The number of piperazine rings is 1. The van der Waals surface area contributed by atoms with Crippen LogP contribution in [0.15, 0.2) is 59.1 Å². The lowest BCUT2D eigenvalue weighted by Crippen LogP contribution is -2.48. The summed E-state index contributed by atoms with van der Waals surface area (Å²) in [4.78, 5) is 21.2. The van der Waals surface area contributed by atoms with Gasteiger partial charge in [-0.1, -0.05) is 35.5 Å². The number of ether oxygens (including phenoxy) is 1. The average molecular weight is 392 g/mol. The topological polar surface area (TPSA) is 71.7 Å². The van der Waals surface area contributed by atoms with Crippen molar-refractivity contribution in [2.24, 2.45) is 0 Å². The molecular weight excluding hydrogens is 368 g/mol. The minimum Gasteiger partial charge on any atom is -0.497 e. The standard InChI is InChI=1S/C22H24N4O3/c1-28-19-9-7-18(8-10-19)25-13-15-26(16-14-25)21(27)12-11-20-23-22(24-29-20)17-5-3-2-4-6-17/h2-10H,11-16H2,1H3. The number of amides is 1. The number of carbonyl (C=O) groups is 1. The van der Waals surface area contributed by atoms with Crippen molar-refractivity contribution >= 4 is 11.6 Å². The van der Waals surface area contributed by atoms with Gasteiger partial charge in [-0.25, -0.2) is 0 Å². The van der Waals surface area contributed by atoms with Crippen molar-refractivity contribution in [2.45, 2.75) is 12.8 Å². The lowest BCUT2D eigenvalue weighted by atomic mass is 10.2. The summed E-state index contributed by atoms with van der Waals surface area (Å²) < 4.78 is 10.5. The Bertz CT molecular complexity index is 932. The van der Waals surface area contributed by atoms with Crippen LogP contribution in [0, 0.1) is 0 Å². The van der Waals surface area contributed by atoms with Crippen molar-refractivity contribution in [1.82, 2.24) is 15.0 Å². The molecule has 0 atom stereocenters. The summed E-state index contributed by atoms with van der Waals surface area (Å²) in [6.45, 7) is 3.06. The van der Waals surface area contributed by atoms with Crippen molar-refractivity contribution < 1.29 is 14.1 Å². The van der Waals surface area contributed by atoms with Crippen LogP contribution in [0.25, 0.3) is 11.4 Å². The van der Waals surface area contributed by atoms with Gasteiger partial charge in [-0.2, -0.15) is 4.98 Å². The molecule has 29 heavy (non-hydrogen) atoms. The predicted octanol–water partition coefficient (Wildman–Crippen LogP) is 3.03. The quantitative estimate of drug-likeness (QED) is 0.642. The van der Waals surface area contributed by atoms with Crippen LogP contribution >= 0.6 is 0 Å². The maximum absolute atomic E-state index is 12.6. The van der Waals surface area contributed by atoms with E-state index in [4.69, 9.17) is 9.26 Å². The normalized spacial score (nSPS) is 14.1. The Labute approximate surface area is 169 Å². The van der Waals surface area contributed by atoms with Gasteiger partial charge in [0, 0.05) is 50.3 Å². The van der Waals surface area contributed by atoms with Crippen LogP contribution in [0.3, 0.4) is 0 Å². The van der Waals surface area contributed by atoms with Crippen LogP contribution in [-0.4, -0.2) is 54.2 Å². The van der Waals surface area contributed by atoms with Crippen molar-refractivity contribution in [2.75, 3.05) is 38.2 Å². The highest BCUT2D eigenvalue weighted by Gasteiger charge is 2.22. The molecule has 1 amide bonds. The summed E-state index contributed by atoms with van der Waals surface area (Å²) in [5.41, 5.74) is 2.06. The first kappa shape index (κ1) is 19.0. The lowest BCUT2D eigenvalue weighted by molar-refractivity contribution is -0.131. The molecule has 2 aromatic carbocycles. The number of hydrogen-bond acceptors (Lipinski definition) is 6. The van der Waals surface area contributed by atoms with Crippen LogP contribution in [-0.2, 0) is 11.2 Å². The highest BCUT2D eigenvalue weighted by molar-refractivity contribution is 5.76. The van der Waals surface area contributed by atoms with E-state index in [2.05, 4.69) is 27.2 Å². The molecule has 0 unspecified atom stereocenters. The molecule has 1 aliphatic rings. The molecule has 0 saturated carbocycles. The zero-order chi connectivity index (χ0) is 20.1. The summed E-state index contributed by atoms with van der Waals surface area (Å²) in [5, 5.41) is 4.01. The number of benzene rings is 2. The van der Waals surface area contributed by atoms with Gasteiger partial charge in [0.25, 0.3) is 0 Å². The third-order valence-corrected chi connectivity index (χ3v) is 5.12. The number of rotatable bonds is 6. The molecule has 1 aromatic heterocycles. The van der Waals surface area contributed by atoms with E-state index >= 15 is 0 Å². The molecular formula is C22H24N4O3. The number of carbonyl (C=O) groups excluding carboxylic acids is 1. The second-order valence-corrected chi connectivity index (χ2v) is 6.94. The molecule has 2 heterocycles. The Balaban J connectivity index is 1.26. The molecule has 0 aliphatic carbocycles. The molecule has 0 N–H and O–H groups in total. The molecule has 1 fully saturated rings. The van der Waals surface area contributed by atoms with Crippen molar-refractivity contribution in [3.05, 3.63) is 60.5 Å². The minimum atomic E-state index is 0.124. The molecule has 0 radical (unpaired) electrons. The van der Waals surface area contributed by atoms with Crippen LogP contribution in [0.1, 0.15) is 12.3 Å². The summed E-state index contributed by atoms with van der Waals surface area (Å²) in [6.07, 6.45) is 0.830. The maximum atomic E-state index is 12.6. The van der Waals surface area contributed by atoms with Crippen molar-refractivity contribution in [1.29, 1.82) is 0 Å². The van der Waals surface area contributed by atoms with Crippen LogP contribution in [0.5, 0.6) is 5.75 Å². The monoisotopic (exact) mass is 392 g/mol. The third-order valence-electron chi connectivity index (χ3n) is 5.12. The lowest BCUT2D eigenvalue weighted by Gasteiger charge is -2.36. The van der Waals surface area contributed by atoms with E-state index in [-0.39, 0.29) is 5.91 Å². The zero-order valence-electron chi connectivity index (χ0n) is 16.5. The van der Waals surface area contributed by atoms with Gasteiger partial charge in [0.05, 0.1) is 7.11 Å². The molecule has 1 saturated heterocycles. The molecule has 3 aromatic rings. The van der Waals surface area contributed by atoms with E-state index in [1.807, 2.05) is 47.4 Å². The third kappa shape index (κ3) is 4.56. The van der Waals surface area contributed by atoms with Gasteiger partial charge >= 0.3 is 0 Å². The van der Waals surface area contributed by atoms with Crippen LogP contribution in [0.4, 0.5) is 5.69 Å². The second kappa shape index (κ2) is 8.77. The number of aryl methyl sites for hydroxylation is 1. The van der Waals surface area contributed by atoms with Crippen LogP contribution < -0.4 is 9.64 Å². The smallest absolute Gasteiger partial charge is 0.227 e.